The van der Waals surface area contributed by atoms with E-state index in [1.54, 1.807) is 0 Å². The Kier molecular flexibility index (Phi) is 7.45. The Morgan fingerprint density at radius 3 is 2.00 bits per heavy atom. The van der Waals surface area contributed by atoms with Crippen LogP contribution in [0.3, 0.4) is 0 Å². The van der Waals surface area contributed by atoms with Gasteiger partial charge in [-0.05, 0) is 25.1 Å². The van der Waals surface area contributed by atoms with Crippen LogP contribution >= 0.6 is 0 Å². The van der Waals surface area contributed by atoms with Gasteiger partial charge in [-0.3, -0.25) is 4.79 Å². The molecule has 0 atom stereocenters. The lowest BCUT2D eigenvalue weighted by atomic mass is 10.0. The first kappa shape index (κ1) is 18.0. The van der Waals surface area contributed by atoms with E-state index < -0.39 is 28.9 Å². The van der Waals surface area contributed by atoms with Gasteiger partial charge in [-0.2, -0.15) is 13.2 Å². The molecule has 1 aromatic carbocycles. The van der Waals surface area contributed by atoms with Crippen molar-refractivity contribution in [2.75, 3.05) is 0 Å². The third-order valence-electron chi connectivity index (χ3n) is 1.67. The average Bonchev–Trinajstić information content (AvgIpc) is 2.19. The summed E-state index contributed by atoms with van der Waals surface area (Å²) in [6.07, 6.45) is -4.71. The lowest BCUT2D eigenvalue weighted by Gasteiger charge is -2.10. The van der Waals surface area contributed by atoms with Crippen molar-refractivity contribution in [1.29, 1.82) is 0 Å². The Hall–Kier alpha value is -1.39. The Balaban J connectivity index is 0. The number of rotatable bonds is 1. The van der Waals surface area contributed by atoms with Crippen molar-refractivity contribution in [3.05, 3.63) is 35.1 Å². The molecule has 98 valence electrons. The van der Waals surface area contributed by atoms with E-state index in [4.69, 9.17) is 0 Å². The molecule has 0 amide bonds. The predicted octanol–water partition coefficient (Wildman–Crippen LogP) is 4.71. The van der Waals surface area contributed by atoms with Crippen molar-refractivity contribution in [1.82, 2.24) is 0 Å². The van der Waals surface area contributed by atoms with Gasteiger partial charge in [-0.15, -0.1) is 0 Å². The zero-order valence-electron chi connectivity index (χ0n) is 9.15. The molecule has 0 unspecified atom stereocenters. The van der Waals surface area contributed by atoms with Crippen molar-refractivity contribution in [2.45, 2.75) is 34.4 Å². The van der Waals surface area contributed by atoms with Gasteiger partial charge >= 0.3 is 6.18 Å². The first-order chi connectivity index (χ1) is 7.32. The maximum atomic E-state index is 12.5. The topological polar surface area (TPSA) is 17.1 Å². The molecule has 0 saturated heterocycles. The zero-order valence-corrected chi connectivity index (χ0v) is 9.15. The summed E-state index contributed by atoms with van der Waals surface area (Å²) in [5.41, 5.74) is -1.75. The van der Waals surface area contributed by atoms with Crippen molar-refractivity contribution >= 4 is 5.78 Å². The van der Waals surface area contributed by atoms with Gasteiger partial charge in [-0.1, -0.05) is 21.3 Å². The Morgan fingerprint density at radius 2 is 1.65 bits per heavy atom. The molecule has 0 bridgehead atoms. The first-order valence-corrected chi connectivity index (χ1v) is 4.70. The lowest BCUT2D eigenvalue weighted by Crippen LogP contribution is -2.12. The molecule has 1 rings (SSSR count). The van der Waals surface area contributed by atoms with E-state index in [1.807, 2.05) is 13.8 Å². The highest BCUT2D eigenvalue weighted by molar-refractivity contribution is 5.95. The maximum absolute atomic E-state index is 12.5. The van der Waals surface area contributed by atoms with Crippen LogP contribution in [0.5, 0.6) is 0 Å². The van der Waals surface area contributed by atoms with E-state index >= 15 is 0 Å². The molecule has 17 heavy (non-hydrogen) atoms. The molecule has 0 aliphatic heterocycles. The van der Waals surface area contributed by atoms with E-state index in [2.05, 4.69) is 0 Å². The second kappa shape index (κ2) is 7.04. The number of hydrogen-bond acceptors (Lipinski definition) is 1. The highest BCUT2D eigenvalue weighted by Gasteiger charge is 2.34. The lowest BCUT2D eigenvalue weighted by molar-refractivity contribution is -0.138. The van der Waals surface area contributed by atoms with Gasteiger partial charge in [0.25, 0.3) is 0 Å². The number of carbonyl (C=O) groups excluding carboxylic acids is 1. The van der Waals surface area contributed by atoms with E-state index in [-0.39, 0.29) is 7.43 Å². The summed E-state index contributed by atoms with van der Waals surface area (Å²) in [5.74, 6) is -1.75. The van der Waals surface area contributed by atoms with Gasteiger partial charge in [0.15, 0.2) is 5.78 Å². The fourth-order valence-corrected chi connectivity index (χ4v) is 1.06. The van der Waals surface area contributed by atoms with Gasteiger partial charge in [0.1, 0.15) is 5.82 Å². The normalized spacial score (nSPS) is 9.82. The van der Waals surface area contributed by atoms with Crippen molar-refractivity contribution in [2.24, 2.45) is 0 Å². The van der Waals surface area contributed by atoms with E-state index in [0.29, 0.717) is 6.07 Å². The summed E-state index contributed by atoms with van der Waals surface area (Å²) < 4.78 is 49.3. The minimum Gasteiger partial charge on any atom is -0.294 e. The molecule has 0 N–H and O–H groups in total. The predicted molar refractivity (Wildman–Crippen MR) is 59.5 cm³/mol. The van der Waals surface area contributed by atoms with Crippen LogP contribution in [0.2, 0.25) is 0 Å². The summed E-state index contributed by atoms with van der Waals surface area (Å²) in [7, 11) is 0. The van der Waals surface area contributed by atoms with E-state index in [1.165, 1.54) is 0 Å². The van der Waals surface area contributed by atoms with Crippen LogP contribution in [0, 0.1) is 5.82 Å². The summed E-state index contributed by atoms with van der Waals surface area (Å²) in [6.45, 7) is 5.00. The smallest absolute Gasteiger partial charge is 0.294 e. The molecule has 0 saturated carbocycles. The van der Waals surface area contributed by atoms with Crippen LogP contribution in [-0.2, 0) is 6.18 Å². The van der Waals surface area contributed by atoms with Crippen molar-refractivity contribution in [3.8, 4) is 0 Å². The SMILES string of the molecule is C.CC.CC(=O)c1ccc(F)cc1C(F)(F)F. The van der Waals surface area contributed by atoms with Crippen LogP contribution in [0.1, 0.15) is 44.1 Å². The maximum Gasteiger partial charge on any atom is 0.417 e. The third-order valence-corrected chi connectivity index (χ3v) is 1.67. The molecular formula is C12H16F4O. The van der Waals surface area contributed by atoms with Crippen molar-refractivity contribution in [3.63, 3.8) is 0 Å². The number of hydrogen-bond donors (Lipinski definition) is 0. The average molecular weight is 252 g/mol. The summed E-state index contributed by atoms with van der Waals surface area (Å²) >= 11 is 0. The van der Waals surface area contributed by atoms with E-state index in [9.17, 15) is 22.4 Å². The summed E-state index contributed by atoms with van der Waals surface area (Å²) in [4.78, 5) is 10.8. The monoisotopic (exact) mass is 252 g/mol. The van der Waals surface area contributed by atoms with Gasteiger partial charge in [0.05, 0.1) is 5.56 Å². The van der Waals surface area contributed by atoms with Gasteiger partial charge < -0.3 is 0 Å². The molecule has 0 heterocycles. The van der Waals surface area contributed by atoms with Crippen LogP contribution in [0.15, 0.2) is 18.2 Å². The molecule has 1 nitrogen and oxygen atoms in total. The second-order valence-electron chi connectivity index (χ2n) is 2.74. The number of Topliss-reactive ketones (excluding diaryl/α,β-unsaturated/α-hetero) is 1. The third kappa shape index (κ3) is 4.97. The number of ketones is 1. The number of alkyl halides is 3. The minimum atomic E-state index is -4.71. The summed E-state index contributed by atoms with van der Waals surface area (Å²) in [6, 6.07) is 1.98. The number of benzene rings is 1. The highest BCUT2D eigenvalue weighted by Crippen LogP contribution is 2.32. The van der Waals surface area contributed by atoms with Crippen LogP contribution in [0.25, 0.3) is 0 Å². The van der Waals surface area contributed by atoms with Crippen molar-refractivity contribution < 1.29 is 22.4 Å². The molecule has 0 aliphatic rings. The molecule has 0 radical (unpaired) electrons. The second-order valence-corrected chi connectivity index (χ2v) is 2.74. The van der Waals surface area contributed by atoms with Crippen LogP contribution in [0.4, 0.5) is 17.6 Å². The quantitative estimate of drug-likeness (QED) is 0.522. The Bertz CT molecular complexity index is 369. The minimum absolute atomic E-state index is 0. The Morgan fingerprint density at radius 1 is 1.18 bits per heavy atom. The van der Waals surface area contributed by atoms with Crippen LogP contribution < -0.4 is 0 Å². The van der Waals surface area contributed by atoms with E-state index in [0.717, 1.165) is 19.1 Å². The molecule has 0 aromatic heterocycles. The standard InChI is InChI=1S/C9H6F4O.C2H6.CH4/c1-5(14)7-3-2-6(10)4-8(7)9(11,12)13;1-2;/h2-4H,1H3;1-2H3;1H4. The summed E-state index contributed by atoms with van der Waals surface area (Å²) in [5, 5.41) is 0. The fraction of sp³-hybridized carbons (Fsp3) is 0.417. The fourth-order valence-electron chi connectivity index (χ4n) is 1.06. The van der Waals surface area contributed by atoms with Gasteiger partial charge in [0.2, 0.25) is 0 Å². The highest BCUT2D eigenvalue weighted by atomic mass is 19.4. The van der Waals surface area contributed by atoms with Gasteiger partial charge in [-0.25, -0.2) is 4.39 Å². The van der Waals surface area contributed by atoms with Gasteiger partial charge in [0, 0.05) is 5.56 Å². The van der Waals surface area contributed by atoms with Crippen LogP contribution in [-0.4, -0.2) is 5.78 Å². The molecular weight excluding hydrogens is 236 g/mol. The molecule has 0 fully saturated rings. The molecule has 0 spiro atoms. The Labute approximate surface area is 98.5 Å². The first-order valence-electron chi connectivity index (χ1n) is 4.70. The number of carbonyl (C=O) groups is 1. The zero-order chi connectivity index (χ0) is 12.9. The number of halogens is 4. The molecule has 5 heteroatoms. The molecule has 0 aliphatic carbocycles. The largest absolute Gasteiger partial charge is 0.417 e. The molecule has 1 aromatic rings.